The van der Waals surface area contributed by atoms with Crippen molar-refractivity contribution in [2.24, 2.45) is 17.8 Å². The van der Waals surface area contributed by atoms with Gasteiger partial charge in [0.2, 0.25) is 5.91 Å². The molecule has 120 valence electrons. The lowest BCUT2D eigenvalue weighted by Crippen LogP contribution is -2.50. The maximum atomic E-state index is 11.9. The summed E-state index contributed by atoms with van der Waals surface area (Å²) in [6.45, 7) is 10.6. The largest absolute Gasteiger partial charge is 0.355 e. The van der Waals surface area contributed by atoms with Gasteiger partial charge in [-0.15, -0.1) is 24.8 Å². The third kappa shape index (κ3) is 5.76. The van der Waals surface area contributed by atoms with Crippen LogP contribution >= 0.6 is 24.8 Å². The van der Waals surface area contributed by atoms with Crippen LogP contribution in [0, 0.1) is 17.8 Å². The van der Waals surface area contributed by atoms with E-state index in [4.69, 9.17) is 0 Å². The van der Waals surface area contributed by atoms with Crippen LogP contribution in [0.5, 0.6) is 0 Å². The molecule has 0 aliphatic carbocycles. The predicted octanol–water partition coefficient (Wildman–Crippen LogP) is 1.53. The Morgan fingerprint density at radius 2 is 2.10 bits per heavy atom. The molecular formula is C14H29Cl2N3O. The molecule has 0 aromatic carbocycles. The van der Waals surface area contributed by atoms with Gasteiger partial charge in [0.15, 0.2) is 0 Å². The van der Waals surface area contributed by atoms with Crippen LogP contribution in [0.2, 0.25) is 0 Å². The number of amides is 1. The molecule has 2 saturated heterocycles. The van der Waals surface area contributed by atoms with Crippen molar-refractivity contribution < 1.29 is 4.79 Å². The Bertz CT molecular complexity index is 288. The second-order valence-corrected chi connectivity index (χ2v) is 6.05. The monoisotopic (exact) mass is 325 g/mol. The Balaban J connectivity index is 0.00000180. The minimum atomic E-state index is 0. The summed E-state index contributed by atoms with van der Waals surface area (Å²) in [5.41, 5.74) is 0. The van der Waals surface area contributed by atoms with E-state index in [1.54, 1.807) is 0 Å². The molecule has 2 atom stereocenters. The van der Waals surface area contributed by atoms with Crippen LogP contribution in [0.4, 0.5) is 0 Å². The Kier molecular flexibility index (Phi) is 9.81. The van der Waals surface area contributed by atoms with Crippen molar-refractivity contribution in [2.45, 2.75) is 26.7 Å². The van der Waals surface area contributed by atoms with E-state index in [1.165, 1.54) is 25.9 Å². The number of hydrogen-bond acceptors (Lipinski definition) is 3. The summed E-state index contributed by atoms with van der Waals surface area (Å²) in [7, 11) is 0. The number of hydrogen-bond donors (Lipinski definition) is 2. The van der Waals surface area contributed by atoms with Gasteiger partial charge in [0.1, 0.15) is 0 Å². The molecule has 0 saturated carbocycles. The normalized spacial score (nSPS) is 24.8. The number of rotatable bonds is 5. The second-order valence-electron chi connectivity index (χ2n) is 6.05. The zero-order valence-corrected chi connectivity index (χ0v) is 14.2. The fourth-order valence-corrected chi connectivity index (χ4v) is 2.87. The van der Waals surface area contributed by atoms with E-state index in [9.17, 15) is 4.79 Å². The minimum Gasteiger partial charge on any atom is -0.355 e. The molecule has 1 amide bonds. The first-order valence-corrected chi connectivity index (χ1v) is 7.37. The first kappa shape index (κ1) is 20.0. The van der Waals surface area contributed by atoms with Crippen LogP contribution in [0.15, 0.2) is 0 Å². The van der Waals surface area contributed by atoms with E-state index < -0.39 is 0 Å². The molecule has 6 heteroatoms. The van der Waals surface area contributed by atoms with E-state index in [0.29, 0.717) is 5.92 Å². The van der Waals surface area contributed by atoms with Gasteiger partial charge >= 0.3 is 0 Å². The SMILES string of the molecule is CC1CCCN(CCNC(=O)C(C)C2CNC2)C1.Cl.Cl. The number of carbonyl (C=O) groups is 1. The molecule has 4 nitrogen and oxygen atoms in total. The third-order valence-electron chi connectivity index (χ3n) is 4.40. The highest BCUT2D eigenvalue weighted by atomic mass is 35.5. The van der Waals surface area contributed by atoms with Crippen molar-refractivity contribution in [2.75, 3.05) is 39.3 Å². The number of piperidine rings is 1. The molecular weight excluding hydrogens is 297 g/mol. The summed E-state index contributed by atoms with van der Waals surface area (Å²) in [5.74, 6) is 1.74. The van der Waals surface area contributed by atoms with E-state index in [0.717, 1.165) is 32.1 Å². The number of likely N-dealkylation sites (tertiary alicyclic amines) is 1. The van der Waals surface area contributed by atoms with Crippen molar-refractivity contribution in [3.8, 4) is 0 Å². The van der Waals surface area contributed by atoms with Crippen LogP contribution < -0.4 is 10.6 Å². The van der Waals surface area contributed by atoms with E-state index in [2.05, 4.69) is 22.5 Å². The summed E-state index contributed by atoms with van der Waals surface area (Å²) in [4.78, 5) is 14.4. The zero-order valence-electron chi connectivity index (χ0n) is 12.6. The molecule has 0 radical (unpaired) electrons. The van der Waals surface area contributed by atoms with Gasteiger partial charge in [-0.1, -0.05) is 13.8 Å². The van der Waals surface area contributed by atoms with E-state index >= 15 is 0 Å². The highest BCUT2D eigenvalue weighted by Gasteiger charge is 2.28. The van der Waals surface area contributed by atoms with Gasteiger partial charge in [0, 0.05) is 25.6 Å². The summed E-state index contributed by atoms with van der Waals surface area (Å²) >= 11 is 0. The lowest BCUT2D eigenvalue weighted by atomic mass is 9.88. The standard InChI is InChI=1S/C14H27N3O.2ClH/c1-11-4-3-6-17(10-11)7-5-16-14(18)12(2)13-8-15-9-13;;/h11-13,15H,3-10H2,1-2H3,(H,16,18);2*1H. The average molecular weight is 326 g/mol. The fraction of sp³-hybridized carbons (Fsp3) is 0.929. The molecule has 2 fully saturated rings. The van der Waals surface area contributed by atoms with Gasteiger partial charge in [0.05, 0.1) is 0 Å². The molecule has 0 aromatic heterocycles. The number of nitrogens with zero attached hydrogens (tertiary/aromatic N) is 1. The van der Waals surface area contributed by atoms with Crippen LogP contribution in [-0.2, 0) is 4.79 Å². The van der Waals surface area contributed by atoms with Crippen molar-refractivity contribution in [1.82, 2.24) is 15.5 Å². The topological polar surface area (TPSA) is 44.4 Å². The minimum absolute atomic E-state index is 0. The molecule has 0 bridgehead atoms. The first-order valence-electron chi connectivity index (χ1n) is 7.37. The first-order chi connectivity index (χ1) is 8.66. The van der Waals surface area contributed by atoms with Crippen LogP contribution in [-0.4, -0.2) is 50.1 Å². The lowest BCUT2D eigenvalue weighted by molar-refractivity contribution is -0.126. The van der Waals surface area contributed by atoms with Gasteiger partial charge < -0.3 is 15.5 Å². The smallest absolute Gasteiger partial charge is 0.223 e. The Morgan fingerprint density at radius 1 is 1.40 bits per heavy atom. The Morgan fingerprint density at radius 3 is 2.65 bits per heavy atom. The fourth-order valence-electron chi connectivity index (χ4n) is 2.87. The third-order valence-corrected chi connectivity index (χ3v) is 4.40. The summed E-state index contributed by atoms with van der Waals surface area (Å²) < 4.78 is 0. The molecule has 2 unspecified atom stereocenters. The van der Waals surface area contributed by atoms with Gasteiger partial charge in [-0.25, -0.2) is 0 Å². The molecule has 20 heavy (non-hydrogen) atoms. The number of halogens is 2. The molecule has 2 N–H and O–H groups in total. The van der Waals surface area contributed by atoms with Gasteiger partial charge in [-0.2, -0.15) is 0 Å². The van der Waals surface area contributed by atoms with Crippen molar-refractivity contribution in [1.29, 1.82) is 0 Å². The predicted molar refractivity (Wildman–Crippen MR) is 87.9 cm³/mol. The van der Waals surface area contributed by atoms with Gasteiger partial charge in [0.25, 0.3) is 0 Å². The Hall–Kier alpha value is -0.0300. The highest BCUT2D eigenvalue weighted by Crippen LogP contribution is 2.16. The van der Waals surface area contributed by atoms with E-state index in [1.807, 2.05) is 6.92 Å². The Labute approximate surface area is 135 Å². The molecule has 0 spiro atoms. The molecule has 0 aromatic rings. The van der Waals surface area contributed by atoms with Crippen LogP contribution in [0.1, 0.15) is 26.7 Å². The second kappa shape index (κ2) is 9.82. The maximum Gasteiger partial charge on any atom is 0.223 e. The van der Waals surface area contributed by atoms with E-state index in [-0.39, 0.29) is 36.6 Å². The molecule has 2 aliphatic rings. The van der Waals surface area contributed by atoms with Crippen LogP contribution in [0.3, 0.4) is 0 Å². The van der Waals surface area contributed by atoms with Crippen LogP contribution in [0.25, 0.3) is 0 Å². The number of carbonyl (C=O) groups excluding carboxylic acids is 1. The van der Waals surface area contributed by atoms with Gasteiger partial charge in [-0.3, -0.25) is 4.79 Å². The van der Waals surface area contributed by atoms with Gasteiger partial charge in [-0.05, 0) is 44.3 Å². The highest BCUT2D eigenvalue weighted by molar-refractivity contribution is 5.85. The number of nitrogens with one attached hydrogen (secondary N) is 2. The summed E-state index contributed by atoms with van der Waals surface area (Å²) in [5, 5.41) is 6.31. The maximum absolute atomic E-state index is 11.9. The molecule has 2 aliphatic heterocycles. The molecule has 2 heterocycles. The molecule has 2 rings (SSSR count). The lowest BCUT2D eigenvalue weighted by Gasteiger charge is -2.33. The average Bonchev–Trinajstić information content (AvgIpc) is 2.26. The van der Waals surface area contributed by atoms with Crippen molar-refractivity contribution >= 4 is 30.7 Å². The summed E-state index contributed by atoms with van der Waals surface area (Å²) in [6, 6.07) is 0. The van der Waals surface area contributed by atoms with Crippen molar-refractivity contribution in [3.63, 3.8) is 0 Å². The van der Waals surface area contributed by atoms with Crippen molar-refractivity contribution in [3.05, 3.63) is 0 Å². The summed E-state index contributed by atoms with van der Waals surface area (Å²) in [6.07, 6.45) is 2.66. The zero-order chi connectivity index (χ0) is 13.0. The quantitative estimate of drug-likeness (QED) is 0.805.